The molecule has 3 atom stereocenters. The smallest absolute Gasteiger partial charge is 0.356 e. The molecule has 0 unspecified atom stereocenters. The summed E-state index contributed by atoms with van der Waals surface area (Å²) in [5, 5.41) is 6.40. The number of hydrogen-bond acceptors (Lipinski definition) is 6. The van der Waals surface area contributed by atoms with Crippen LogP contribution < -0.4 is 16.0 Å². The second kappa shape index (κ2) is 12.0. The van der Waals surface area contributed by atoms with Gasteiger partial charge in [0.15, 0.2) is 5.78 Å². The maximum atomic E-state index is 13.4. The predicted molar refractivity (Wildman–Crippen MR) is 127 cm³/mol. The van der Waals surface area contributed by atoms with Gasteiger partial charge in [-0.3, -0.25) is 28.7 Å². The van der Waals surface area contributed by atoms with E-state index in [9.17, 15) is 50.3 Å². The van der Waals surface area contributed by atoms with Gasteiger partial charge in [0.05, 0.1) is 6.04 Å². The summed E-state index contributed by atoms with van der Waals surface area (Å²) in [7, 11) is 0. The number of amides is 4. The van der Waals surface area contributed by atoms with Crippen LogP contribution in [0.25, 0.3) is 0 Å². The molecule has 41 heavy (non-hydrogen) atoms. The summed E-state index contributed by atoms with van der Waals surface area (Å²) >= 11 is 0. The van der Waals surface area contributed by atoms with Crippen LogP contribution in [-0.4, -0.2) is 77.6 Å². The Kier molecular flexibility index (Phi) is 9.35. The number of ether oxygens (including phenoxy) is 1. The predicted octanol–water partition coefficient (Wildman–Crippen LogP) is 1.51. The molecule has 16 heteroatoms. The number of rotatable bonds is 8. The number of carbonyl (C=O) groups excluding carboxylic acids is 5. The van der Waals surface area contributed by atoms with Crippen molar-refractivity contribution in [2.24, 2.45) is 5.92 Å². The number of halogens is 6. The standard InChI is InChI=1S/C25H28F6N4O6/c1-23(2,24(26,27)28)34-21(39)22(40)35-11-15-6-4-3-5-13(15)10-17(35)20(38)33-16(9-14-7-8-32-19(14)37)18(36)12-41-25(29,30)31/h3-6,14,16-17H,7-12H2,1-2H3,(H,32,37)(H,33,38)(H,34,39)/t14-,16-,17-/m0/s1. The average molecular weight is 595 g/mol. The van der Waals surface area contributed by atoms with Crippen molar-refractivity contribution in [3.8, 4) is 0 Å². The van der Waals surface area contributed by atoms with Crippen LogP contribution in [-0.2, 0) is 41.7 Å². The summed E-state index contributed by atoms with van der Waals surface area (Å²) in [5.41, 5.74) is -1.73. The molecule has 2 aliphatic rings. The topological polar surface area (TPSA) is 134 Å². The normalized spacial score (nSPS) is 20.1. The van der Waals surface area contributed by atoms with Crippen LogP contribution in [0.5, 0.6) is 0 Å². The van der Waals surface area contributed by atoms with Crippen molar-refractivity contribution in [3.05, 3.63) is 35.4 Å². The fraction of sp³-hybridized carbons (Fsp3) is 0.560. The summed E-state index contributed by atoms with van der Waals surface area (Å²) < 4.78 is 81.2. The number of benzene rings is 1. The Morgan fingerprint density at radius 1 is 1.07 bits per heavy atom. The summed E-state index contributed by atoms with van der Waals surface area (Å²) in [5.74, 6) is -6.64. The zero-order valence-electron chi connectivity index (χ0n) is 21.9. The van der Waals surface area contributed by atoms with Crippen molar-refractivity contribution in [1.29, 1.82) is 0 Å². The minimum absolute atomic E-state index is 0.215. The van der Waals surface area contributed by atoms with Crippen molar-refractivity contribution < 1.29 is 55.1 Å². The fourth-order valence-electron chi connectivity index (χ4n) is 4.46. The summed E-state index contributed by atoms with van der Waals surface area (Å²) in [6, 6.07) is 3.28. The first-order valence-corrected chi connectivity index (χ1v) is 12.5. The van der Waals surface area contributed by atoms with Crippen molar-refractivity contribution in [2.45, 2.75) is 69.8 Å². The molecule has 0 aliphatic carbocycles. The monoisotopic (exact) mass is 594 g/mol. The molecule has 226 valence electrons. The second-order valence-electron chi connectivity index (χ2n) is 10.3. The summed E-state index contributed by atoms with van der Waals surface area (Å²) in [6.07, 6.45) is -10.4. The number of alkyl halides is 6. The van der Waals surface area contributed by atoms with Crippen molar-refractivity contribution in [3.63, 3.8) is 0 Å². The van der Waals surface area contributed by atoms with Gasteiger partial charge in [-0.1, -0.05) is 24.3 Å². The van der Waals surface area contributed by atoms with Gasteiger partial charge in [0.1, 0.15) is 18.2 Å². The Bertz CT molecular complexity index is 1200. The lowest BCUT2D eigenvalue weighted by Gasteiger charge is -2.37. The Morgan fingerprint density at radius 2 is 1.71 bits per heavy atom. The van der Waals surface area contributed by atoms with E-state index in [4.69, 9.17) is 0 Å². The Labute approximate surface area is 230 Å². The van der Waals surface area contributed by atoms with Crippen LogP contribution >= 0.6 is 0 Å². The third-order valence-corrected chi connectivity index (χ3v) is 6.91. The summed E-state index contributed by atoms with van der Waals surface area (Å²) in [6.45, 7) is -0.275. The van der Waals surface area contributed by atoms with Gasteiger partial charge >= 0.3 is 24.4 Å². The molecule has 0 spiro atoms. The van der Waals surface area contributed by atoms with E-state index in [1.807, 2.05) is 0 Å². The molecule has 2 aliphatic heterocycles. The highest BCUT2D eigenvalue weighted by molar-refractivity contribution is 6.35. The maximum Gasteiger partial charge on any atom is 0.522 e. The molecule has 2 heterocycles. The molecule has 3 N–H and O–H groups in total. The maximum absolute atomic E-state index is 13.4. The zero-order chi connectivity index (χ0) is 30.8. The molecule has 1 saturated heterocycles. The van der Waals surface area contributed by atoms with Crippen LogP contribution in [0.3, 0.4) is 0 Å². The molecule has 0 aromatic heterocycles. The molecule has 10 nitrogen and oxygen atoms in total. The third-order valence-electron chi connectivity index (χ3n) is 6.91. The van der Waals surface area contributed by atoms with Crippen molar-refractivity contribution in [1.82, 2.24) is 20.9 Å². The van der Waals surface area contributed by atoms with Crippen LogP contribution in [0, 0.1) is 5.92 Å². The Hall–Kier alpha value is -3.69. The lowest BCUT2D eigenvalue weighted by molar-refractivity contribution is -0.321. The van der Waals surface area contributed by atoms with Crippen LogP contribution in [0.4, 0.5) is 26.3 Å². The van der Waals surface area contributed by atoms with Crippen LogP contribution in [0.1, 0.15) is 37.8 Å². The molecule has 1 aromatic rings. The lowest BCUT2D eigenvalue weighted by Crippen LogP contribution is -2.61. The van der Waals surface area contributed by atoms with Gasteiger partial charge in [-0.2, -0.15) is 13.2 Å². The second-order valence-corrected chi connectivity index (χ2v) is 10.3. The van der Waals surface area contributed by atoms with E-state index in [-0.39, 0.29) is 32.4 Å². The highest BCUT2D eigenvalue weighted by Crippen LogP contribution is 2.30. The van der Waals surface area contributed by atoms with Gasteiger partial charge in [0.2, 0.25) is 11.8 Å². The van der Waals surface area contributed by atoms with E-state index in [2.05, 4.69) is 15.4 Å². The van der Waals surface area contributed by atoms with E-state index < -0.39 is 72.1 Å². The van der Waals surface area contributed by atoms with Gasteiger partial charge in [0.25, 0.3) is 0 Å². The molecule has 0 bridgehead atoms. The van der Waals surface area contributed by atoms with E-state index in [0.29, 0.717) is 25.0 Å². The molecule has 0 saturated carbocycles. The first kappa shape index (κ1) is 31.8. The highest BCUT2D eigenvalue weighted by Gasteiger charge is 2.50. The minimum Gasteiger partial charge on any atom is -0.356 e. The van der Waals surface area contributed by atoms with Gasteiger partial charge in [0, 0.05) is 25.4 Å². The lowest BCUT2D eigenvalue weighted by atomic mass is 9.92. The van der Waals surface area contributed by atoms with E-state index in [1.54, 1.807) is 29.6 Å². The molecular formula is C25H28F6N4O6. The van der Waals surface area contributed by atoms with E-state index >= 15 is 0 Å². The van der Waals surface area contributed by atoms with Gasteiger partial charge in [-0.15, -0.1) is 13.2 Å². The fourth-order valence-corrected chi connectivity index (χ4v) is 4.46. The number of fused-ring (bicyclic) bond motifs is 1. The quantitative estimate of drug-likeness (QED) is 0.309. The van der Waals surface area contributed by atoms with Crippen LogP contribution in [0.2, 0.25) is 0 Å². The first-order valence-electron chi connectivity index (χ1n) is 12.5. The third kappa shape index (κ3) is 7.95. The van der Waals surface area contributed by atoms with E-state index in [1.165, 1.54) is 0 Å². The summed E-state index contributed by atoms with van der Waals surface area (Å²) in [4.78, 5) is 64.6. The van der Waals surface area contributed by atoms with E-state index in [0.717, 1.165) is 4.90 Å². The average Bonchev–Trinajstić information content (AvgIpc) is 3.28. The zero-order valence-corrected chi connectivity index (χ0v) is 21.9. The molecule has 4 amide bonds. The number of carbonyl (C=O) groups is 5. The highest BCUT2D eigenvalue weighted by atomic mass is 19.4. The van der Waals surface area contributed by atoms with Crippen molar-refractivity contribution in [2.75, 3.05) is 13.2 Å². The van der Waals surface area contributed by atoms with Crippen LogP contribution in [0.15, 0.2) is 24.3 Å². The molecular weight excluding hydrogens is 566 g/mol. The van der Waals surface area contributed by atoms with Crippen molar-refractivity contribution >= 4 is 29.4 Å². The largest absolute Gasteiger partial charge is 0.522 e. The Balaban J connectivity index is 1.87. The van der Waals surface area contributed by atoms with Gasteiger partial charge in [-0.25, -0.2) is 0 Å². The molecule has 1 fully saturated rings. The van der Waals surface area contributed by atoms with Gasteiger partial charge in [-0.05, 0) is 37.8 Å². The number of nitrogens with zero attached hydrogens (tertiary/aromatic N) is 1. The number of nitrogens with one attached hydrogen (secondary N) is 3. The molecule has 0 radical (unpaired) electrons. The number of ketones is 1. The minimum atomic E-state index is -5.15. The Morgan fingerprint density at radius 3 is 2.27 bits per heavy atom. The number of hydrogen-bond donors (Lipinski definition) is 3. The SMILES string of the molecule is CC(C)(NC(=O)C(=O)N1Cc2ccccc2C[C@H]1C(=O)N[C@@H](C[C@@H]1CCNC1=O)C(=O)COC(F)(F)F)C(F)(F)F. The first-order chi connectivity index (χ1) is 18.9. The molecule has 1 aromatic carbocycles. The number of Topliss-reactive ketones (excluding diaryl/α,β-unsaturated/α-hetero) is 1. The van der Waals surface area contributed by atoms with Gasteiger partial charge < -0.3 is 20.9 Å². The molecule has 3 rings (SSSR count).